The van der Waals surface area contributed by atoms with Crippen LogP contribution in [0.1, 0.15) is 22.4 Å². The summed E-state index contributed by atoms with van der Waals surface area (Å²) in [5.74, 6) is -0.219. The van der Waals surface area contributed by atoms with E-state index in [0.29, 0.717) is 13.1 Å². The van der Waals surface area contributed by atoms with Crippen LogP contribution in [0.4, 0.5) is 13.2 Å². The number of aromatic nitrogens is 2. The molecular formula is C22H25F3N4O2S. The lowest BCUT2D eigenvalue weighted by Gasteiger charge is -2.23. The summed E-state index contributed by atoms with van der Waals surface area (Å²) in [5, 5.41) is 4.17. The van der Waals surface area contributed by atoms with E-state index in [1.54, 1.807) is 34.4 Å². The zero-order valence-electron chi connectivity index (χ0n) is 17.9. The molecule has 2 aromatic heterocycles. The molecule has 1 aliphatic rings. The molecule has 1 aromatic carbocycles. The smallest absolute Gasteiger partial charge is 0.406 e. The molecule has 0 saturated carbocycles. The van der Waals surface area contributed by atoms with Crippen LogP contribution in [0.3, 0.4) is 0 Å². The third kappa shape index (κ3) is 5.31. The topological polar surface area (TPSA) is 59.4 Å². The van der Waals surface area contributed by atoms with E-state index in [1.165, 1.54) is 12.1 Å². The minimum atomic E-state index is -4.70. The van der Waals surface area contributed by atoms with Gasteiger partial charge in [-0.3, -0.25) is 9.36 Å². The van der Waals surface area contributed by atoms with Crippen molar-refractivity contribution >= 4 is 21.6 Å². The van der Waals surface area contributed by atoms with E-state index >= 15 is 0 Å². The quantitative estimate of drug-likeness (QED) is 0.577. The summed E-state index contributed by atoms with van der Waals surface area (Å²) in [6.45, 7) is 1.80. The highest BCUT2D eigenvalue weighted by atomic mass is 32.1. The number of halogens is 3. The lowest BCUT2D eigenvalue weighted by molar-refractivity contribution is -0.274. The summed E-state index contributed by atoms with van der Waals surface area (Å²) in [6.07, 6.45) is -0.678. The van der Waals surface area contributed by atoms with Crippen molar-refractivity contribution in [3.8, 4) is 5.75 Å². The van der Waals surface area contributed by atoms with Crippen molar-refractivity contribution in [1.82, 2.24) is 19.8 Å². The molecule has 1 N–H and O–H groups in total. The molecule has 32 heavy (non-hydrogen) atoms. The molecule has 0 spiro atoms. The van der Waals surface area contributed by atoms with Crippen LogP contribution >= 0.6 is 11.3 Å². The Kier molecular flexibility index (Phi) is 6.55. The number of rotatable bonds is 7. The molecule has 1 unspecified atom stereocenters. The van der Waals surface area contributed by atoms with Crippen molar-refractivity contribution in [3.05, 3.63) is 57.0 Å². The molecule has 0 bridgehead atoms. The predicted octanol–water partition coefficient (Wildman–Crippen LogP) is 3.57. The molecule has 172 valence electrons. The van der Waals surface area contributed by atoms with Gasteiger partial charge in [-0.25, -0.2) is 4.98 Å². The first kappa shape index (κ1) is 22.8. The number of fused-ring (bicyclic) bond motifs is 3. The molecule has 6 nitrogen and oxygen atoms in total. The van der Waals surface area contributed by atoms with Gasteiger partial charge in [0.15, 0.2) is 0 Å². The number of benzene rings is 1. The average Bonchev–Trinajstić information content (AvgIpc) is 3.09. The molecule has 1 atom stereocenters. The zero-order chi connectivity index (χ0) is 22.9. The summed E-state index contributed by atoms with van der Waals surface area (Å²) >= 11 is 1.56. The van der Waals surface area contributed by atoms with E-state index in [0.717, 1.165) is 52.0 Å². The Morgan fingerprint density at radius 1 is 1.34 bits per heavy atom. The lowest BCUT2D eigenvalue weighted by Crippen LogP contribution is -2.34. The molecule has 4 rings (SSSR count). The number of likely N-dealkylation sites (N-methyl/N-ethyl adjacent to an activating group) is 1. The van der Waals surface area contributed by atoms with Crippen molar-refractivity contribution in [2.45, 2.75) is 44.8 Å². The van der Waals surface area contributed by atoms with Crippen LogP contribution in [0, 0.1) is 0 Å². The van der Waals surface area contributed by atoms with Crippen molar-refractivity contribution in [1.29, 1.82) is 0 Å². The third-order valence-corrected chi connectivity index (χ3v) is 6.71. The van der Waals surface area contributed by atoms with Gasteiger partial charge in [0.25, 0.3) is 5.56 Å². The molecule has 3 aromatic rings. The van der Waals surface area contributed by atoms with Crippen LogP contribution in [0.5, 0.6) is 5.75 Å². The first-order valence-corrected chi connectivity index (χ1v) is 11.2. The predicted molar refractivity (Wildman–Crippen MR) is 118 cm³/mol. The Morgan fingerprint density at radius 2 is 2.16 bits per heavy atom. The molecular weight excluding hydrogens is 441 g/mol. The summed E-state index contributed by atoms with van der Waals surface area (Å²) in [6, 6.07) is 6.19. The highest BCUT2D eigenvalue weighted by molar-refractivity contribution is 7.18. The van der Waals surface area contributed by atoms with Crippen LogP contribution in [0.15, 0.2) is 35.4 Å². The summed E-state index contributed by atoms with van der Waals surface area (Å²) in [4.78, 5) is 21.5. The number of ether oxygens (including phenoxy) is 1. The molecule has 0 saturated heterocycles. The summed E-state index contributed by atoms with van der Waals surface area (Å²) < 4.78 is 43.0. The van der Waals surface area contributed by atoms with E-state index in [9.17, 15) is 18.0 Å². The summed E-state index contributed by atoms with van der Waals surface area (Å²) in [7, 11) is 3.94. The molecule has 0 aliphatic heterocycles. The molecule has 2 heterocycles. The van der Waals surface area contributed by atoms with E-state index in [-0.39, 0.29) is 17.4 Å². The molecule has 0 radical (unpaired) electrons. The Hall–Kier alpha value is -2.43. The number of hydrogen-bond acceptors (Lipinski definition) is 6. The Bertz CT molecular complexity index is 1160. The Morgan fingerprint density at radius 3 is 2.91 bits per heavy atom. The van der Waals surface area contributed by atoms with Gasteiger partial charge >= 0.3 is 6.36 Å². The molecule has 1 aliphatic carbocycles. The number of thiophene rings is 1. The highest BCUT2D eigenvalue weighted by Gasteiger charge is 2.31. The first-order valence-electron chi connectivity index (χ1n) is 10.4. The van der Waals surface area contributed by atoms with E-state index in [2.05, 4.69) is 15.0 Å². The van der Waals surface area contributed by atoms with Crippen molar-refractivity contribution in [2.24, 2.45) is 0 Å². The number of alkyl halides is 3. The fourth-order valence-corrected chi connectivity index (χ4v) is 5.21. The average molecular weight is 467 g/mol. The zero-order valence-corrected chi connectivity index (χ0v) is 18.7. The minimum absolute atomic E-state index is 0.0160. The molecule has 10 heteroatoms. The van der Waals surface area contributed by atoms with Gasteiger partial charge < -0.3 is 15.0 Å². The van der Waals surface area contributed by atoms with Crippen LogP contribution in [-0.4, -0.2) is 47.5 Å². The Labute approximate surface area is 187 Å². The van der Waals surface area contributed by atoms with Crippen molar-refractivity contribution in [2.75, 3.05) is 20.6 Å². The van der Waals surface area contributed by atoms with Crippen LogP contribution in [-0.2, 0) is 25.9 Å². The molecule has 0 amide bonds. The number of hydrogen-bond donors (Lipinski definition) is 1. The maximum Gasteiger partial charge on any atom is 0.573 e. The largest absolute Gasteiger partial charge is 0.573 e. The van der Waals surface area contributed by atoms with Gasteiger partial charge in [0.05, 0.1) is 11.7 Å². The first-order chi connectivity index (χ1) is 15.2. The third-order valence-electron chi connectivity index (χ3n) is 5.55. The van der Waals surface area contributed by atoms with Crippen molar-refractivity contribution < 1.29 is 17.9 Å². The van der Waals surface area contributed by atoms with E-state index in [4.69, 9.17) is 0 Å². The van der Waals surface area contributed by atoms with Gasteiger partial charge in [-0.1, -0.05) is 12.1 Å². The second-order valence-electron chi connectivity index (χ2n) is 8.25. The Balaban J connectivity index is 1.45. The van der Waals surface area contributed by atoms with Gasteiger partial charge in [-0.15, -0.1) is 24.5 Å². The lowest BCUT2D eigenvalue weighted by atomic mass is 9.93. The van der Waals surface area contributed by atoms with Crippen LogP contribution in [0.25, 0.3) is 10.2 Å². The van der Waals surface area contributed by atoms with Gasteiger partial charge in [-0.05, 0) is 56.6 Å². The van der Waals surface area contributed by atoms with E-state index in [1.807, 2.05) is 19.0 Å². The van der Waals surface area contributed by atoms with Crippen LogP contribution in [0.2, 0.25) is 0 Å². The highest BCUT2D eigenvalue weighted by Crippen LogP contribution is 2.33. The monoisotopic (exact) mass is 466 g/mol. The maximum absolute atomic E-state index is 13.0. The van der Waals surface area contributed by atoms with E-state index < -0.39 is 6.36 Å². The number of nitrogens with one attached hydrogen (secondary N) is 1. The fourth-order valence-electron chi connectivity index (χ4n) is 3.96. The van der Waals surface area contributed by atoms with Crippen molar-refractivity contribution in [3.63, 3.8) is 0 Å². The van der Waals surface area contributed by atoms with Gasteiger partial charge in [0, 0.05) is 30.6 Å². The number of nitrogens with zero attached hydrogens (tertiary/aromatic N) is 3. The minimum Gasteiger partial charge on any atom is -0.406 e. The normalized spacial score (nSPS) is 16.5. The standard InChI is InChI=1S/C22H25F3N4O2S/c1-28(2)8-9-29-13-27-20-19(21(29)30)17-7-6-15(11-18(17)32-20)26-12-14-4-3-5-16(10-14)31-22(23,24)25/h3-5,10,13,15,26H,6-9,11-12H2,1-2H3. The van der Waals surface area contributed by atoms with Gasteiger partial charge in [-0.2, -0.15) is 0 Å². The SMILES string of the molecule is CN(C)CCn1cnc2sc3c(c2c1=O)CCC(NCc1cccc(OC(F)(F)F)c1)C3. The second-order valence-corrected chi connectivity index (χ2v) is 9.33. The maximum atomic E-state index is 13.0. The second kappa shape index (κ2) is 9.21. The molecule has 0 fully saturated rings. The fraction of sp³-hybridized carbons (Fsp3) is 0.455. The number of aryl methyl sites for hydroxylation is 1. The van der Waals surface area contributed by atoms with Gasteiger partial charge in [0.2, 0.25) is 0 Å². The van der Waals surface area contributed by atoms with Crippen LogP contribution < -0.4 is 15.6 Å². The van der Waals surface area contributed by atoms with Gasteiger partial charge in [0.1, 0.15) is 10.6 Å². The summed E-state index contributed by atoms with van der Waals surface area (Å²) in [5.41, 5.74) is 1.84.